The van der Waals surface area contributed by atoms with Gasteiger partial charge in [-0.05, 0) is 55.9 Å². The second-order valence-corrected chi connectivity index (χ2v) is 8.00. The zero-order chi connectivity index (χ0) is 20.8. The number of nitriles is 1. The first-order valence-corrected chi connectivity index (χ1v) is 10.5. The number of carbonyl (C=O) groups is 2. The third-order valence-electron chi connectivity index (χ3n) is 4.89. The van der Waals surface area contributed by atoms with Crippen molar-refractivity contribution in [1.82, 2.24) is 4.98 Å². The fourth-order valence-electron chi connectivity index (χ4n) is 3.33. The van der Waals surface area contributed by atoms with E-state index in [9.17, 15) is 14.9 Å². The normalized spacial score (nSPS) is 13.7. The predicted molar refractivity (Wildman–Crippen MR) is 112 cm³/mol. The van der Waals surface area contributed by atoms with Gasteiger partial charge in [-0.1, -0.05) is 30.8 Å². The van der Waals surface area contributed by atoms with Crippen molar-refractivity contribution in [2.45, 2.75) is 49.3 Å². The molecule has 3 rings (SSSR count). The van der Waals surface area contributed by atoms with Crippen LogP contribution in [0.15, 0.2) is 35.4 Å². The van der Waals surface area contributed by atoms with Crippen LogP contribution in [0, 0.1) is 11.3 Å². The van der Waals surface area contributed by atoms with Crippen LogP contribution in [0.25, 0.3) is 0 Å². The maximum Gasteiger partial charge on any atom is 0.339 e. The molecule has 1 unspecified atom stereocenters. The zero-order valence-electron chi connectivity index (χ0n) is 16.5. The summed E-state index contributed by atoms with van der Waals surface area (Å²) in [6.07, 6.45) is 4.62. The molecular formula is C22H23N3O3S. The topological polar surface area (TPSA) is 92.1 Å². The van der Waals surface area contributed by atoms with E-state index in [-0.39, 0.29) is 5.91 Å². The van der Waals surface area contributed by atoms with Crippen LogP contribution in [0.4, 0.5) is 5.69 Å². The van der Waals surface area contributed by atoms with Gasteiger partial charge in [0.25, 0.3) is 0 Å². The molecule has 0 aliphatic heterocycles. The lowest BCUT2D eigenvalue weighted by Crippen LogP contribution is -2.26. The number of aromatic nitrogens is 1. The number of nitrogens with zero attached hydrogens (tertiary/aromatic N) is 2. The van der Waals surface area contributed by atoms with Crippen molar-refractivity contribution in [2.24, 2.45) is 0 Å². The van der Waals surface area contributed by atoms with Crippen molar-refractivity contribution >= 4 is 29.3 Å². The lowest BCUT2D eigenvalue weighted by molar-refractivity contribution is -0.115. The Bertz CT molecular complexity index is 968. The first-order valence-electron chi connectivity index (χ1n) is 9.65. The second kappa shape index (κ2) is 9.57. The van der Waals surface area contributed by atoms with Crippen molar-refractivity contribution < 1.29 is 14.3 Å². The third-order valence-corrected chi connectivity index (χ3v) is 6.26. The number of aryl methyl sites for hydroxylation is 2. The smallest absolute Gasteiger partial charge is 0.339 e. The molecule has 7 heteroatoms. The summed E-state index contributed by atoms with van der Waals surface area (Å²) in [5.74, 6) is -0.748. The van der Waals surface area contributed by atoms with Crippen LogP contribution in [0.1, 0.15) is 53.4 Å². The molecule has 6 nitrogen and oxygen atoms in total. The van der Waals surface area contributed by atoms with Gasteiger partial charge in [0.05, 0.1) is 29.2 Å². The summed E-state index contributed by atoms with van der Waals surface area (Å²) in [4.78, 5) is 29.6. The van der Waals surface area contributed by atoms with Gasteiger partial charge in [0, 0.05) is 5.69 Å². The molecule has 1 atom stereocenters. The number of ether oxygens (including phenoxy) is 1. The number of thioether (sulfide) groups is 1. The number of pyridine rings is 1. The van der Waals surface area contributed by atoms with E-state index >= 15 is 0 Å². The number of methoxy groups -OCH3 is 1. The summed E-state index contributed by atoms with van der Waals surface area (Å²) in [6, 6.07) is 10.9. The highest BCUT2D eigenvalue weighted by molar-refractivity contribution is 8.00. The molecule has 1 aromatic carbocycles. The Morgan fingerprint density at radius 3 is 2.79 bits per heavy atom. The summed E-state index contributed by atoms with van der Waals surface area (Å²) >= 11 is 1.30. The Morgan fingerprint density at radius 1 is 1.31 bits per heavy atom. The van der Waals surface area contributed by atoms with Gasteiger partial charge in [-0.15, -0.1) is 0 Å². The lowest BCUT2D eigenvalue weighted by Gasteiger charge is -2.19. The molecule has 1 aliphatic rings. The summed E-state index contributed by atoms with van der Waals surface area (Å²) in [7, 11) is 1.30. The molecule has 0 bridgehead atoms. The van der Waals surface area contributed by atoms with Gasteiger partial charge in [-0.3, -0.25) is 4.79 Å². The molecule has 0 saturated heterocycles. The van der Waals surface area contributed by atoms with E-state index in [1.54, 1.807) is 24.3 Å². The highest BCUT2D eigenvalue weighted by Gasteiger charge is 2.24. The minimum Gasteiger partial charge on any atom is -0.465 e. The van der Waals surface area contributed by atoms with E-state index in [1.807, 2.05) is 13.0 Å². The van der Waals surface area contributed by atoms with E-state index in [2.05, 4.69) is 11.4 Å². The van der Waals surface area contributed by atoms with Crippen LogP contribution in [-0.2, 0) is 22.4 Å². The average Bonchev–Trinajstić information content (AvgIpc) is 2.76. The van der Waals surface area contributed by atoms with E-state index in [4.69, 9.17) is 9.72 Å². The number of benzene rings is 1. The first kappa shape index (κ1) is 20.9. The minimum atomic E-state index is -0.510. The quantitative estimate of drug-likeness (QED) is 0.570. The number of fused-ring (bicyclic) bond motifs is 1. The van der Waals surface area contributed by atoms with Crippen LogP contribution in [0.2, 0.25) is 0 Å². The summed E-state index contributed by atoms with van der Waals surface area (Å²) in [5, 5.41) is 12.5. The minimum absolute atomic E-state index is 0.239. The van der Waals surface area contributed by atoms with Gasteiger partial charge in [0.1, 0.15) is 11.1 Å². The number of hydrogen-bond donors (Lipinski definition) is 1. The maximum absolute atomic E-state index is 12.9. The van der Waals surface area contributed by atoms with Gasteiger partial charge in [0.15, 0.2) is 0 Å². The number of hydrogen-bond acceptors (Lipinski definition) is 6. The maximum atomic E-state index is 12.9. The van der Waals surface area contributed by atoms with Gasteiger partial charge < -0.3 is 10.1 Å². The Hall–Kier alpha value is -2.85. The third kappa shape index (κ3) is 4.77. The van der Waals surface area contributed by atoms with Gasteiger partial charge in [-0.2, -0.15) is 5.26 Å². The number of esters is 1. The van der Waals surface area contributed by atoms with Crippen LogP contribution < -0.4 is 5.32 Å². The van der Waals surface area contributed by atoms with Crippen molar-refractivity contribution in [3.05, 3.63) is 52.7 Å². The second-order valence-electron chi connectivity index (χ2n) is 6.81. The molecule has 1 heterocycles. The molecule has 0 radical (unpaired) electrons. The van der Waals surface area contributed by atoms with Crippen molar-refractivity contribution in [3.63, 3.8) is 0 Å². The van der Waals surface area contributed by atoms with Crippen molar-refractivity contribution in [2.75, 3.05) is 12.4 Å². The summed E-state index contributed by atoms with van der Waals surface area (Å²) in [5.41, 5.74) is 3.39. The summed E-state index contributed by atoms with van der Waals surface area (Å²) in [6.45, 7) is 1.91. The van der Waals surface area contributed by atoms with Gasteiger partial charge >= 0.3 is 5.97 Å². The molecule has 1 aromatic heterocycles. The molecule has 0 saturated carbocycles. The van der Waals surface area contributed by atoms with Gasteiger partial charge in [-0.25, -0.2) is 9.78 Å². The fraction of sp³-hybridized carbons (Fsp3) is 0.364. The number of para-hydroxylation sites is 1. The highest BCUT2D eigenvalue weighted by atomic mass is 32.2. The number of carbonyl (C=O) groups excluding carboxylic acids is 2. The zero-order valence-corrected chi connectivity index (χ0v) is 17.3. The first-order chi connectivity index (χ1) is 14.1. The molecule has 1 N–H and O–H groups in total. The standard InChI is InChI=1S/C22H23N3O3S/c1-3-19(20(26)24-18-11-7-5-9-16(18)22(27)28-2)29-21-15(13-23)12-14-8-4-6-10-17(14)25-21/h5,7,9,11-12,19H,3-4,6,8,10H2,1-2H3,(H,24,26). The molecule has 0 spiro atoms. The molecule has 1 aliphatic carbocycles. The van der Waals surface area contributed by atoms with Crippen molar-refractivity contribution in [3.8, 4) is 6.07 Å². The molecule has 1 amide bonds. The molecule has 150 valence electrons. The van der Waals surface area contributed by atoms with E-state index < -0.39 is 11.2 Å². The average molecular weight is 410 g/mol. The Balaban J connectivity index is 1.82. The number of nitrogens with one attached hydrogen (secondary N) is 1. The molecule has 29 heavy (non-hydrogen) atoms. The van der Waals surface area contributed by atoms with Crippen molar-refractivity contribution in [1.29, 1.82) is 5.26 Å². The van der Waals surface area contributed by atoms with Gasteiger partial charge in [0.2, 0.25) is 5.91 Å². The van der Waals surface area contributed by atoms with E-state index in [1.165, 1.54) is 18.9 Å². The fourth-order valence-corrected chi connectivity index (χ4v) is 4.33. The van der Waals surface area contributed by atoms with Crippen LogP contribution in [-0.4, -0.2) is 29.2 Å². The number of anilines is 1. The largest absolute Gasteiger partial charge is 0.465 e. The van der Waals surface area contributed by atoms with E-state index in [0.29, 0.717) is 28.3 Å². The monoisotopic (exact) mass is 409 g/mol. The SMILES string of the molecule is CCC(Sc1nc2c(cc1C#N)CCCC2)C(=O)Nc1ccccc1C(=O)OC. The highest BCUT2D eigenvalue weighted by Crippen LogP contribution is 2.31. The van der Waals surface area contributed by atoms with Crippen LogP contribution >= 0.6 is 11.8 Å². The molecule has 0 fully saturated rings. The lowest BCUT2D eigenvalue weighted by atomic mass is 9.95. The Kier molecular flexibility index (Phi) is 6.89. The number of rotatable bonds is 6. The van der Waals surface area contributed by atoms with Crippen LogP contribution in [0.3, 0.4) is 0 Å². The van der Waals surface area contributed by atoms with Crippen LogP contribution in [0.5, 0.6) is 0 Å². The Labute approximate surface area is 174 Å². The molecular weight excluding hydrogens is 386 g/mol. The Morgan fingerprint density at radius 2 is 2.07 bits per heavy atom. The molecule has 2 aromatic rings. The predicted octanol–water partition coefficient (Wildman–Crippen LogP) is 4.13. The van der Waals surface area contributed by atoms with E-state index in [0.717, 1.165) is 36.9 Å². The summed E-state index contributed by atoms with van der Waals surface area (Å²) < 4.78 is 4.78. The number of amides is 1.